The Morgan fingerprint density at radius 2 is 1.62 bits per heavy atom. The topological polar surface area (TPSA) is 57.6 Å². The predicted octanol–water partition coefficient (Wildman–Crippen LogP) is 1.95. The summed E-state index contributed by atoms with van der Waals surface area (Å²) in [5.41, 5.74) is 0.493. The highest BCUT2D eigenvalue weighted by molar-refractivity contribution is 6.22. The predicted molar refractivity (Wildman–Crippen MR) is 75.3 cm³/mol. The van der Waals surface area contributed by atoms with Crippen LogP contribution < -0.4 is 4.90 Å². The molecule has 4 aliphatic carbocycles. The molecular weight excluding hydrogens is 266 g/mol. The number of phenolic OH excluding ortho intramolecular Hbond substituents is 1. The average Bonchev–Trinajstić information content (AvgIpc) is 3.24. The molecule has 1 aliphatic heterocycles. The average molecular weight is 281 g/mol. The van der Waals surface area contributed by atoms with E-state index in [4.69, 9.17) is 0 Å². The molecule has 1 saturated heterocycles. The van der Waals surface area contributed by atoms with Crippen LogP contribution in [0.1, 0.15) is 6.42 Å². The zero-order valence-corrected chi connectivity index (χ0v) is 11.3. The summed E-state index contributed by atoms with van der Waals surface area (Å²) in [7, 11) is 0. The summed E-state index contributed by atoms with van der Waals surface area (Å²) < 4.78 is 0. The summed E-state index contributed by atoms with van der Waals surface area (Å²) in [6.07, 6.45) is 5.50. The minimum Gasteiger partial charge on any atom is -0.508 e. The van der Waals surface area contributed by atoms with E-state index >= 15 is 0 Å². The van der Waals surface area contributed by atoms with Gasteiger partial charge in [0.1, 0.15) is 5.75 Å². The van der Waals surface area contributed by atoms with Crippen LogP contribution in [0.2, 0.25) is 0 Å². The van der Waals surface area contributed by atoms with E-state index < -0.39 is 0 Å². The van der Waals surface area contributed by atoms with Gasteiger partial charge in [-0.2, -0.15) is 0 Å². The highest BCUT2D eigenvalue weighted by atomic mass is 16.3. The van der Waals surface area contributed by atoms with Gasteiger partial charge in [0, 0.05) is 6.07 Å². The molecule has 5 aliphatic rings. The van der Waals surface area contributed by atoms with Crippen molar-refractivity contribution in [2.45, 2.75) is 6.42 Å². The summed E-state index contributed by atoms with van der Waals surface area (Å²) >= 11 is 0. The molecule has 1 heterocycles. The Kier molecular flexibility index (Phi) is 1.96. The van der Waals surface area contributed by atoms with Gasteiger partial charge in [0.25, 0.3) is 0 Å². The summed E-state index contributed by atoms with van der Waals surface area (Å²) in [5.74, 6) is 1.25. The maximum atomic E-state index is 12.8. The molecule has 106 valence electrons. The maximum absolute atomic E-state index is 12.8. The van der Waals surface area contributed by atoms with E-state index in [2.05, 4.69) is 12.2 Å². The van der Waals surface area contributed by atoms with Crippen molar-refractivity contribution in [3.8, 4) is 5.75 Å². The van der Waals surface area contributed by atoms with Gasteiger partial charge in [-0.1, -0.05) is 18.2 Å². The molecule has 0 radical (unpaired) electrons. The fourth-order valence-corrected chi connectivity index (χ4v) is 4.84. The Morgan fingerprint density at radius 1 is 1.00 bits per heavy atom. The summed E-state index contributed by atoms with van der Waals surface area (Å²) in [6, 6.07) is 6.41. The second kappa shape index (κ2) is 3.56. The number of aromatic hydroxyl groups is 1. The standard InChI is InChI=1S/C17H15NO3/c19-9-3-1-2-8(6-9)18-16(20)14-10-4-5-11(13-7-12(10)13)15(14)17(18)21/h1-6,10-15,19H,7H2/t10-,11+,12-,13+,14-,15+. The Balaban J connectivity index is 1.60. The van der Waals surface area contributed by atoms with Crippen LogP contribution in [-0.4, -0.2) is 16.9 Å². The molecule has 2 amide bonds. The molecule has 4 heteroatoms. The van der Waals surface area contributed by atoms with Gasteiger partial charge in [0.2, 0.25) is 11.8 Å². The number of phenols is 1. The second-order valence-corrected chi connectivity index (χ2v) is 6.69. The molecule has 2 bridgehead atoms. The number of benzene rings is 1. The Bertz CT molecular complexity index is 674. The number of hydrogen-bond acceptors (Lipinski definition) is 3. The van der Waals surface area contributed by atoms with Crippen LogP contribution in [0.4, 0.5) is 5.69 Å². The Labute approximate surface area is 122 Å². The number of anilines is 1. The number of nitrogens with zero attached hydrogens (tertiary/aromatic N) is 1. The van der Waals surface area contributed by atoms with Crippen molar-refractivity contribution in [3.63, 3.8) is 0 Å². The third kappa shape index (κ3) is 1.30. The minimum atomic E-state index is -0.182. The van der Waals surface area contributed by atoms with Crippen LogP contribution in [0.3, 0.4) is 0 Å². The van der Waals surface area contributed by atoms with Gasteiger partial charge in [-0.3, -0.25) is 9.59 Å². The zero-order chi connectivity index (χ0) is 14.3. The first-order valence-corrected chi connectivity index (χ1v) is 7.52. The van der Waals surface area contributed by atoms with Gasteiger partial charge in [-0.15, -0.1) is 0 Å². The van der Waals surface area contributed by atoms with Crippen LogP contribution in [0, 0.1) is 35.5 Å². The molecule has 0 aromatic heterocycles. The van der Waals surface area contributed by atoms with E-state index in [1.807, 2.05) is 0 Å². The third-order valence-electron chi connectivity index (χ3n) is 5.75. The number of carbonyl (C=O) groups excluding carboxylic acids is 2. The molecule has 1 aromatic carbocycles. The van der Waals surface area contributed by atoms with Crippen molar-refractivity contribution in [1.29, 1.82) is 0 Å². The number of carbonyl (C=O) groups is 2. The molecule has 6 rings (SSSR count). The quantitative estimate of drug-likeness (QED) is 0.632. The van der Waals surface area contributed by atoms with Gasteiger partial charge >= 0.3 is 0 Å². The van der Waals surface area contributed by atoms with Gasteiger partial charge in [-0.25, -0.2) is 4.90 Å². The Morgan fingerprint density at radius 3 is 2.19 bits per heavy atom. The lowest BCUT2D eigenvalue weighted by atomic mass is 9.63. The first-order valence-electron chi connectivity index (χ1n) is 7.52. The van der Waals surface area contributed by atoms with Gasteiger partial charge < -0.3 is 5.11 Å². The van der Waals surface area contributed by atoms with Gasteiger partial charge in [0.15, 0.2) is 0 Å². The first kappa shape index (κ1) is 11.5. The van der Waals surface area contributed by atoms with Crippen LogP contribution >= 0.6 is 0 Å². The van der Waals surface area contributed by atoms with E-state index in [1.54, 1.807) is 18.2 Å². The molecule has 4 nitrogen and oxygen atoms in total. The molecule has 3 fully saturated rings. The summed E-state index contributed by atoms with van der Waals surface area (Å²) in [4.78, 5) is 26.9. The van der Waals surface area contributed by atoms with E-state index in [-0.39, 0.29) is 41.2 Å². The molecule has 1 aromatic rings. The van der Waals surface area contributed by atoms with Crippen LogP contribution in [-0.2, 0) is 9.59 Å². The lowest BCUT2D eigenvalue weighted by Crippen LogP contribution is -2.40. The molecule has 21 heavy (non-hydrogen) atoms. The molecular formula is C17H15NO3. The van der Waals surface area contributed by atoms with Gasteiger partial charge in [-0.05, 0) is 42.2 Å². The second-order valence-electron chi connectivity index (χ2n) is 6.69. The first-order chi connectivity index (χ1) is 10.2. The lowest BCUT2D eigenvalue weighted by Gasteiger charge is -2.37. The van der Waals surface area contributed by atoms with Crippen LogP contribution in [0.5, 0.6) is 5.75 Å². The number of rotatable bonds is 1. The monoisotopic (exact) mass is 281 g/mol. The smallest absolute Gasteiger partial charge is 0.238 e. The van der Waals surface area contributed by atoms with Crippen molar-refractivity contribution < 1.29 is 14.7 Å². The third-order valence-corrected chi connectivity index (χ3v) is 5.75. The summed E-state index contributed by atoms with van der Waals surface area (Å²) in [6.45, 7) is 0. The number of hydrogen-bond donors (Lipinski definition) is 1. The van der Waals surface area contributed by atoms with Crippen molar-refractivity contribution in [2.24, 2.45) is 35.5 Å². The lowest BCUT2D eigenvalue weighted by molar-refractivity contribution is -0.124. The molecule has 2 saturated carbocycles. The summed E-state index contributed by atoms with van der Waals surface area (Å²) in [5, 5.41) is 9.61. The zero-order valence-electron chi connectivity index (χ0n) is 11.3. The van der Waals surface area contributed by atoms with Crippen LogP contribution in [0.25, 0.3) is 0 Å². The van der Waals surface area contributed by atoms with Gasteiger partial charge in [0.05, 0.1) is 17.5 Å². The molecule has 6 atom stereocenters. The fraction of sp³-hybridized carbons (Fsp3) is 0.412. The van der Waals surface area contributed by atoms with Crippen molar-refractivity contribution in [2.75, 3.05) is 4.90 Å². The molecule has 1 N–H and O–H groups in total. The van der Waals surface area contributed by atoms with E-state index in [9.17, 15) is 14.7 Å². The van der Waals surface area contributed by atoms with Crippen molar-refractivity contribution in [3.05, 3.63) is 36.4 Å². The largest absolute Gasteiger partial charge is 0.508 e. The number of amides is 2. The highest BCUT2D eigenvalue weighted by Gasteiger charge is 2.67. The molecule has 0 unspecified atom stereocenters. The molecule has 0 spiro atoms. The van der Waals surface area contributed by atoms with Crippen molar-refractivity contribution >= 4 is 17.5 Å². The fourth-order valence-electron chi connectivity index (χ4n) is 4.84. The van der Waals surface area contributed by atoms with Crippen LogP contribution in [0.15, 0.2) is 36.4 Å². The van der Waals surface area contributed by atoms with E-state index in [1.165, 1.54) is 17.4 Å². The maximum Gasteiger partial charge on any atom is 0.238 e. The number of imide groups is 1. The highest BCUT2D eigenvalue weighted by Crippen LogP contribution is 2.65. The Hall–Kier alpha value is -2.10. The van der Waals surface area contributed by atoms with E-state index in [0.29, 0.717) is 17.5 Å². The SMILES string of the molecule is O=C1[C@@H]2[C@@H]3C=C[C@@H]([C@@H]4C[C@H]34)[C@@H]2C(=O)N1c1cccc(O)c1. The van der Waals surface area contributed by atoms with Crippen molar-refractivity contribution in [1.82, 2.24) is 0 Å². The normalized spacial score (nSPS) is 42.2. The van der Waals surface area contributed by atoms with E-state index in [0.717, 1.165) is 0 Å². The minimum absolute atomic E-state index is 0.0758. The number of allylic oxidation sites excluding steroid dienone is 2.